The fraction of sp³-hybridized carbons (Fsp3) is 0.286. The molecule has 10 heteroatoms. The highest BCUT2D eigenvalue weighted by Crippen LogP contribution is 2.33. The zero-order valence-electron chi connectivity index (χ0n) is 16.2. The first kappa shape index (κ1) is 21.1. The van der Waals surface area contributed by atoms with Crippen LogP contribution in [0.25, 0.3) is 10.6 Å². The summed E-state index contributed by atoms with van der Waals surface area (Å²) in [5, 5.41) is 4.76. The molecule has 0 saturated carbocycles. The van der Waals surface area contributed by atoms with E-state index in [2.05, 4.69) is 10.3 Å². The van der Waals surface area contributed by atoms with E-state index >= 15 is 0 Å². The van der Waals surface area contributed by atoms with Crippen LogP contribution in [0.3, 0.4) is 0 Å². The van der Waals surface area contributed by atoms with Gasteiger partial charge in [0, 0.05) is 30.1 Å². The molecule has 162 valence electrons. The molecule has 0 unspecified atom stereocenters. The summed E-state index contributed by atoms with van der Waals surface area (Å²) in [4.78, 5) is 30.7. The van der Waals surface area contributed by atoms with Crippen molar-refractivity contribution in [1.29, 1.82) is 0 Å². The van der Waals surface area contributed by atoms with Crippen molar-refractivity contribution in [3.63, 3.8) is 0 Å². The molecule has 6 nitrogen and oxygen atoms in total. The second-order valence-electron chi connectivity index (χ2n) is 7.13. The van der Waals surface area contributed by atoms with Crippen molar-refractivity contribution in [3.05, 3.63) is 65.1 Å². The second-order valence-corrected chi connectivity index (χ2v) is 7.99. The number of rotatable bonds is 4. The summed E-state index contributed by atoms with van der Waals surface area (Å²) in [7, 11) is 0. The molecule has 3 aromatic rings. The number of furan rings is 1. The molecule has 1 aliphatic rings. The SMILES string of the molecule is O=C(NC1CCN(C(=O)c2ccco2)CC1)c1csc(-c2cccc(C(F)(F)F)c2)n1. The van der Waals surface area contributed by atoms with Crippen LogP contribution in [0.1, 0.15) is 39.4 Å². The molecule has 0 spiro atoms. The number of halogens is 3. The van der Waals surface area contributed by atoms with Gasteiger partial charge in [0.15, 0.2) is 5.76 Å². The topological polar surface area (TPSA) is 75.4 Å². The number of thiazole rings is 1. The summed E-state index contributed by atoms with van der Waals surface area (Å²) in [6.07, 6.45) is -1.83. The Labute approximate surface area is 179 Å². The van der Waals surface area contributed by atoms with E-state index in [-0.39, 0.29) is 29.3 Å². The minimum atomic E-state index is -4.44. The van der Waals surface area contributed by atoms with Gasteiger partial charge < -0.3 is 14.6 Å². The predicted molar refractivity (Wildman–Crippen MR) is 108 cm³/mol. The van der Waals surface area contributed by atoms with E-state index < -0.39 is 11.7 Å². The van der Waals surface area contributed by atoms with E-state index in [0.717, 1.165) is 23.5 Å². The molecule has 1 fully saturated rings. The van der Waals surface area contributed by atoms with Crippen molar-refractivity contribution in [3.8, 4) is 10.6 Å². The van der Waals surface area contributed by atoms with Crippen molar-refractivity contribution in [2.75, 3.05) is 13.1 Å². The van der Waals surface area contributed by atoms with Gasteiger partial charge in [-0.15, -0.1) is 11.3 Å². The van der Waals surface area contributed by atoms with E-state index in [1.165, 1.54) is 23.8 Å². The average molecular weight is 449 g/mol. The summed E-state index contributed by atoms with van der Waals surface area (Å²) < 4.78 is 43.9. The number of hydrogen-bond acceptors (Lipinski definition) is 5. The Bertz CT molecular complexity index is 1070. The quantitative estimate of drug-likeness (QED) is 0.638. The number of likely N-dealkylation sites (tertiary alicyclic amines) is 1. The van der Waals surface area contributed by atoms with Gasteiger partial charge in [-0.25, -0.2) is 4.98 Å². The maximum Gasteiger partial charge on any atom is 0.416 e. The Hall–Kier alpha value is -3.14. The summed E-state index contributed by atoms with van der Waals surface area (Å²) in [5.41, 5.74) is -0.294. The van der Waals surface area contributed by atoms with Crippen LogP contribution in [0.5, 0.6) is 0 Å². The largest absolute Gasteiger partial charge is 0.459 e. The lowest BCUT2D eigenvalue weighted by Gasteiger charge is -2.31. The molecule has 31 heavy (non-hydrogen) atoms. The van der Waals surface area contributed by atoms with E-state index in [4.69, 9.17) is 4.42 Å². The molecule has 0 radical (unpaired) electrons. The molecule has 3 heterocycles. The third kappa shape index (κ3) is 4.79. The Morgan fingerprint density at radius 1 is 1.16 bits per heavy atom. The minimum Gasteiger partial charge on any atom is -0.459 e. The molecule has 4 rings (SSSR count). The fourth-order valence-electron chi connectivity index (χ4n) is 3.38. The van der Waals surface area contributed by atoms with Gasteiger partial charge >= 0.3 is 6.18 Å². The number of carbonyl (C=O) groups excluding carboxylic acids is 2. The summed E-state index contributed by atoms with van der Waals surface area (Å²) in [6, 6.07) is 8.01. The smallest absolute Gasteiger partial charge is 0.416 e. The van der Waals surface area contributed by atoms with Gasteiger partial charge in [-0.05, 0) is 37.1 Å². The maximum atomic E-state index is 12.9. The number of benzene rings is 1. The van der Waals surface area contributed by atoms with Gasteiger partial charge in [0.1, 0.15) is 10.7 Å². The van der Waals surface area contributed by atoms with E-state index in [0.29, 0.717) is 36.5 Å². The lowest BCUT2D eigenvalue weighted by molar-refractivity contribution is -0.137. The number of nitrogens with one attached hydrogen (secondary N) is 1. The van der Waals surface area contributed by atoms with Crippen molar-refractivity contribution in [2.45, 2.75) is 25.1 Å². The Morgan fingerprint density at radius 3 is 2.61 bits per heavy atom. The highest BCUT2D eigenvalue weighted by Gasteiger charge is 2.31. The first-order chi connectivity index (χ1) is 14.8. The van der Waals surface area contributed by atoms with Gasteiger partial charge in [0.05, 0.1) is 11.8 Å². The minimum absolute atomic E-state index is 0.119. The lowest BCUT2D eigenvalue weighted by Crippen LogP contribution is -2.46. The fourth-order valence-corrected chi connectivity index (χ4v) is 4.18. The molecule has 0 atom stereocenters. The van der Waals surface area contributed by atoms with Crippen LogP contribution in [0.2, 0.25) is 0 Å². The van der Waals surface area contributed by atoms with Gasteiger partial charge in [-0.3, -0.25) is 9.59 Å². The zero-order chi connectivity index (χ0) is 22.0. The molecule has 1 aromatic carbocycles. The highest BCUT2D eigenvalue weighted by molar-refractivity contribution is 7.13. The number of hydrogen-bond donors (Lipinski definition) is 1. The highest BCUT2D eigenvalue weighted by atomic mass is 32.1. The number of carbonyl (C=O) groups is 2. The summed E-state index contributed by atoms with van der Waals surface area (Å²) >= 11 is 1.11. The number of amides is 2. The van der Waals surface area contributed by atoms with Gasteiger partial charge in [-0.2, -0.15) is 13.2 Å². The number of alkyl halides is 3. The van der Waals surface area contributed by atoms with Gasteiger partial charge in [-0.1, -0.05) is 12.1 Å². The van der Waals surface area contributed by atoms with Crippen molar-refractivity contribution in [1.82, 2.24) is 15.2 Å². The molecule has 0 aliphatic carbocycles. The first-order valence-corrected chi connectivity index (χ1v) is 10.5. The van der Waals surface area contributed by atoms with Crippen molar-refractivity contribution in [2.24, 2.45) is 0 Å². The average Bonchev–Trinajstić information content (AvgIpc) is 3.46. The monoisotopic (exact) mass is 449 g/mol. The molecule has 1 N–H and O–H groups in total. The van der Waals surface area contributed by atoms with Crippen LogP contribution in [-0.2, 0) is 6.18 Å². The summed E-state index contributed by atoms with van der Waals surface area (Å²) in [5.74, 6) is -0.280. The van der Waals surface area contributed by atoms with Crippen molar-refractivity contribution < 1.29 is 27.2 Å². The number of aromatic nitrogens is 1. The van der Waals surface area contributed by atoms with E-state index in [9.17, 15) is 22.8 Å². The first-order valence-electron chi connectivity index (χ1n) is 9.58. The zero-order valence-corrected chi connectivity index (χ0v) is 17.0. The van der Waals surface area contributed by atoms with Crippen LogP contribution >= 0.6 is 11.3 Å². The lowest BCUT2D eigenvalue weighted by atomic mass is 10.0. The van der Waals surface area contributed by atoms with Gasteiger partial charge in [0.2, 0.25) is 0 Å². The Morgan fingerprint density at radius 2 is 1.94 bits per heavy atom. The standard InChI is InChI=1S/C21H18F3N3O3S/c22-21(23,24)14-4-1-3-13(11-14)19-26-16(12-31-19)18(28)25-15-6-8-27(9-7-15)20(29)17-5-2-10-30-17/h1-5,10-12,15H,6-9H2,(H,25,28). The van der Waals surface area contributed by atoms with Crippen molar-refractivity contribution >= 4 is 23.2 Å². The second kappa shape index (κ2) is 8.54. The predicted octanol–water partition coefficient (Wildman–Crippen LogP) is 4.46. The molecule has 1 aliphatic heterocycles. The molecule has 2 amide bonds. The van der Waals surface area contributed by atoms with E-state index in [1.807, 2.05) is 0 Å². The molecule has 2 aromatic heterocycles. The van der Waals surface area contributed by atoms with Crippen LogP contribution in [0, 0.1) is 0 Å². The van der Waals surface area contributed by atoms with Crippen LogP contribution < -0.4 is 5.32 Å². The van der Waals surface area contributed by atoms with Crippen LogP contribution in [0.15, 0.2) is 52.5 Å². The van der Waals surface area contributed by atoms with E-state index in [1.54, 1.807) is 17.0 Å². The third-order valence-electron chi connectivity index (χ3n) is 5.02. The summed E-state index contributed by atoms with van der Waals surface area (Å²) in [6.45, 7) is 0.966. The molecule has 1 saturated heterocycles. The number of piperidine rings is 1. The normalized spacial score (nSPS) is 15.1. The number of nitrogens with zero attached hydrogens (tertiary/aromatic N) is 2. The molecular formula is C21H18F3N3O3S. The molecular weight excluding hydrogens is 431 g/mol. The Balaban J connectivity index is 1.35. The maximum absolute atomic E-state index is 12.9. The van der Waals surface area contributed by atoms with Crippen LogP contribution in [0.4, 0.5) is 13.2 Å². The van der Waals surface area contributed by atoms with Crippen LogP contribution in [-0.4, -0.2) is 40.8 Å². The molecule has 0 bridgehead atoms. The Kier molecular flexibility index (Phi) is 5.81. The van der Waals surface area contributed by atoms with Gasteiger partial charge in [0.25, 0.3) is 11.8 Å². The third-order valence-corrected chi connectivity index (χ3v) is 5.91.